The van der Waals surface area contributed by atoms with E-state index in [0.29, 0.717) is 11.3 Å². The van der Waals surface area contributed by atoms with Crippen LogP contribution in [0.1, 0.15) is 36.5 Å². The van der Waals surface area contributed by atoms with Gasteiger partial charge in [-0.05, 0) is 37.5 Å². The van der Waals surface area contributed by atoms with Crippen molar-refractivity contribution in [2.24, 2.45) is 5.92 Å². The number of rotatable bonds is 5. The molecule has 7 heteroatoms. The number of carbonyl (C=O) groups is 3. The van der Waals surface area contributed by atoms with E-state index in [9.17, 15) is 14.4 Å². The first-order valence-corrected chi connectivity index (χ1v) is 8.52. The van der Waals surface area contributed by atoms with Crippen LogP contribution in [0.5, 0.6) is 0 Å². The summed E-state index contributed by atoms with van der Waals surface area (Å²) in [7, 11) is 1.54. The van der Waals surface area contributed by atoms with Crippen molar-refractivity contribution >= 4 is 23.6 Å². The molecule has 1 aromatic rings. The second kappa shape index (κ2) is 8.50. The molecule has 0 bridgehead atoms. The summed E-state index contributed by atoms with van der Waals surface area (Å²) in [5.74, 6) is -1.62. The fraction of sp³-hybridized carbons (Fsp3) is 0.500. The molecule has 7 nitrogen and oxygen atoms in total. The molecule has 0 saturated carbocycles. The van der Waals surface area contributed by atoms with Gasteiger partial charge in [0.1, 0.15) is 0 Å². The van der Waals surface area contributed by atoms with E-state index in [-0.39, 0.29) is 12.5 Å². The van der Waals surface area contributed by atoms with Gasteiger partial charge in [0, 0.05) is 37.9 Å². The Balaban J connectivity index is 1.99. The SMILES string of the molecule is CC(CN(C)C(=O)Nc1cccc(C(=O)N2CCCCC2)c1)C(=O)O. The Morgan fingerprint density at radius 3 is 2.56 bits per heavy atom. The smallest absolute Gasteiger partial charge is 0.321 e. The summed E-state index contributed by atoms with van der Waals surface area (Å²) in [5, 5.41) is 11.6. The summed E-state index contributed by atoms with van der Waals surface area (Å²) >= 11 is 0. The van der Waals surface area contributed by atoms with Crippen molar-refractivity contribution in [2.75, 3.05) is 32.0 Å². The molecule has 2 N–H and O–H groups in total. The number of hydrogen-bond donors (Lipinski definition) is 2. The molecule has 0 radical (unpaired) electrons. The highest BCUT2D eigenvalue weighted by Gasteiger charge is 2.20. The van der Waals surface area contributed by atoms with Crippen molar-refractivity contribution < 1.29 is 19.5 Å². The fourth-order valence-electron chi connectivity index (χ4n) is 2.80. The summed E-state index contributed by atoms with van der Waals surface area (Å²) in [6.45, 7) is 3.19. The first kappa shape index (κ1) is 18.8. The van der Waals surface area contributed by atoms with E-state index in [1.54, 1.807) is 31.2 Å². The molecule has 1 heterocycles. The number of anilines is 1. The molecular formula is C18H25N3O4. The average Bonchev–Trinajstić information content (AvgIpc) is 2.61. The van der Waals surface area contributed by atoms with E-state index in [0.717, 1.165) is 32.4 Å². The van der Waals surface area contributed by atoms with Crippen LogP contribution >= 0.6 is 0 Å². The number of likely N-dealkylation sites (tertiary alicyclic amines) is 1. The Morgan fingerprint density at radius 1 is 1.24 bits per heavy atom. The molecule has 1 aliphatic heterocycles. The summed E-state index contributed by atoms with van der Waals surface area (Å²) in [6, 6.07) is 6.42. The van der Waals surface area contributed by atoms with Gasteiger partial charge in [-0.2, -0.15) is 0 Å². The molecule has 3 amide bonds. The quantitative estimate of drug-likeness (QED) is 0.856. The number of nitrogens with zero attached hydrogens (tertiary/aromatic N) is 2. The standard InChI is InChI=1S/C18H25N3O4/c1-13(17(23)24)12-20(2)18(25)19-15-8-6-7-14(11-15)16(22)21-9-4-3-5-10-21/h6-8,11,13H,3-5,9-10,12H2,1-2H3,(H,19,25)(H,23,24). The second-order valence-electron chi connectivity index (χ2n) is 6.48. The fourth-order valence-corrected chi connectivity index (χ4v) is 2.80. The van der Waals surface area contributed by atoms with Crippen LogP contribution in [0.3, 0.4) is 0 Å². The maximum absolute atomic E-state index is 12.5. The number of urea groups is 1. The van der Waals surface area contributed by atoms with Crippen LogP contribution in [0.15, 0.2) is 24.3 Å². The van der Waals surface area contributed by atoms with E-state index in [4.69, 9.17) is 5.11 Å². The molecule has 1 aliphatic rings. The van der Waals surface area contributed by atoms with Gasteiger partial charge in [0.25, 0.3) is 5.91 Å². The third-order valence-corrected chi connectivity index (χ3v) is 4.32. The lowest BCUT2D eigenvalue weighted by Gasteiger charge is -2.27. The monoisotopic (exact) mass is 347 g/mol. The van der Waals surface area contributed by atoms with Gasteiger partial charge in [-0.25, -0.2) is 4.79 Å². The Morgan fingerprint density at radius 2 is 1.92 bits per heavy atom. The van der Waals surface area contributed by atoms with Crippen molar-refractivity contribution in [1.29, 1.82) is 0 Å². The number of hydrogen-bond acceptors (Lipinski definition) is 3. The number of piperidine rings is 1. The lowest BCUT2D eigenvalue weighted by atomic mass is 10.1. The van der Waals surface area contributed by atoms with Gasteiger partial charge in [-0.3, -0.25) is 9.59 Å². The molecule has 0 aromatic heterocycles. The normalized spacial score (nSPS) is 15.4. The van der Waals surface area contributed by atoms with Gasteiger partial charge in [-0.15, -0.1) is 0 Å². The highest BCUT2D eigenvalue weighted by atomic mass is 16.4. The van der Waals surface area contributed by atoms with Gasteiger partial charge in [0.2, 0.25) is 0 Å². The highest BCUT2D eigenvalue weighted by Crippen LogP contribution is 2.17. The predicted octanol–water partition coefficient (Wildman–Crippen LogP) is 2.50. The third kappa shape index (κ3) is 5.20. The predicted molar refractivity (Wildman–Crippen MR) is 94.6 cm³/mol. The van der Waals surface area contributed by atoms with Crippen LogP contribution in [0, 0.1) is 5.92 Å². The van der Waals surface area contributed by atoms with Gasteiger partial charge < -0.3 is 20.2 Å². The van der Waals surface area contributed by atoms with Gasteiger partial charge in [0.15, 0.2) is 0 Å². The van der Waals surface area contributed by atoms with Crippen LogP contribution in [0.4, 0.5) is 10.5 Å². The second-order valence-corrected chi connectivity index (χ2v) is 6.48. The number of amides is 3. The number of carboxylic acid groups (broad SMARTS) is 1. The van der Waals surface area contributed by atoms with Crippen LogP contribution in [0.2, 0.25) is 0 Å². The minimum atomic E-state index is -0.950. The molecule has 1 fully saturated rings. The zero-order chi connectivity index (χ0) is 18.4. The largest absolute Gasteiger partial charge is 0.481 e. The molecule has 2 rings (SSSR count). The first-order chi connectivity index (χ1) is 11.9. The Bertz CT molecular complexity index is 641. The summed E-state index contributed by atoms with van der Waals surface area (Å²) in [4.78, 5) is 38.8. The van der Waals surface area contributed by atoms with E-state index < -0.39 is 17.9 Å². The van der Waals surface area contributed by atoms with Gasteiger partial charge in [-0.1, -0.05) is 13.0 Å². The van der Waals surface area contributed by atoms with Crippen molar-refractivity contribution in [3.8, 4) is 0 Å². The van der Waals surface area contributed by atoms with E-state index in [2.05, 4.69) is 5.32 Å². The number of nitrogens with one attached hydrogen (secondary N) is 1. The minimum Gasteiger partial charge on any atom is -0.481 e. The lowest BCUT2D eigenvalue weighted by Crippen LogP contribution is -2.37. The summed E-state index contributed by atoms with van der Waals surface area (Å²) < 4.78 is 0. The third-order valence-electron chi connectivity index (χ3n) is 4.32. The van der Waals surface area contributed by atoms with E-state index in [1.165, 1.54) is 11.9 Å². The Labute approximate surface area is 147 Å². The molecule has 0 aliphatic carbocycles. The average molecular weight is 347 g/mol. The summed E-state index contributed by atoms with van der Waals surface area (Å²) in [6.07, 6.45) is 3.20. The number of carbonyl (C=O) groups excluding carboxylic acids is 2. The molecule has 1 aromatic carbocycles. The lowest BCUT2D eigenvalue weighted by molar-refractivity contribution is -0.141. The van der Waals surface area contributed by atoms with Crippen LogP contribution in [-0.4, -0.2) is 59.5 Å². The number of carboxylic acids is 1. The van der Waals surface area contributed by atoms with E-state index >= 15 is 0 Å². The van der Waals surface area contributed by atoms with Crippen LogP contribution in [0.25, 0.3) is 0 Å². The van der Waals surface area contributed by atoms with Crippen molar-refractivity contribution in [3.63, 3.8) is 0 Å². The van der Waals surface area contributed by atoms with Crippen molar-refractivity contribution in [3.05, 3.63) is 29.8 Å². The van der Waals surface area contributed by atoms with Gasteiger partial charge in [0.05, 0.1) is 5.92 Å². The Kier molecular flexibility index (Phi) is 6.38. The van der Waals surface area contributed by atoms with Crippen molar-refractivity contribution in [2.45, 2.75) is 26.2 Å². The van der Waals surface area contributed by atoms with Gasteiger partial charge >= 0.3 is 12.0 Å². The summed E-state index contributed by atoms with van der Waals surface area (Å²) in [5.41, 5.74) is 1.06. The maximum atomic E-state index is 12.5. The topological polar surface area (TPSA) is 90.0 Å². The molecular weight excluding hydrogens is 322 g/mol. The minimum absolute atomic E-state index is 0.0244. The zero-order valence-electron chi connectivity index (χ0n) is 14.7. The number of benzene rings is 1. The first-order valence-electron chi connectivity index (χ1n) is 8.52. The molecule has 136 valence electrons. The number of aliphatic carboxylic acids is 1. The highest BCUT2D eigenvalue weighted by molar-refractivity contribution is 5.97. The van der Waals surface area contributed by atoms with E-state index in [1.807, 2.05) is 4.90 Å². The van der Waals surface area contributed by atoms with Crippen LogP contribution < -0.4 is 5.32 Å². The van der Waals surface area contributed by atoms with Crippen molar-refractivity contribution in [1.82, 2.24) is 9.80 Å². The molecule has 25 heavy (non-hydrogen) atoms. The van der Waals surface area contributed by atoms with Crippen LogP contribution in [-0.2, 0) is 4.79 Å². The maximum Gasteiger partial charge on any atom is 0.321 e. The molecule has 1 unspecified atom stereocenters. The molecule has 1 atom stereocenters. The molecule has 1 saturated heterocycles. The zero-order valence-corrected chi connectivity index (χ0v) is 14.7. The molecule has 0 spiro atoms. The Hall–Kier alpha value is -2.57.